The zero-order chi connectivity index (χ0) is 15.6. The van der Waals surface area contributed by atoms with Crippen LogP contribution in [0.25, 0.3) is 10.1 Å². The Labute approximate surface area is 145 Å². The molecular formula is C19H21N2S2+. The molecule has 0 radical (unpaired) electrons. The molecule has 2 aliphatic rings. The van der Waals surface area contributed by atoms with Gasteiger partial charge in [0, 0.05) is 28.1 Å². The molecule has 1 aromatic heterocycles. The van der Waals surface area contributed by atoms with Gasteiger partial charge in [0.05, 0.1) is 11.4 Å². The second-order valence-electron chi connectivity index (χ2n) is 5.82. The lowest BCUT2D eigenvalue weighted by molar-refractivity contribution is -0.830. The Kier molecular flexibility index (Phi) is 4.29. The highest BCUT2D eigenvalue weighted by atomic mass is 32.2. The number of fused-ring (bicyclic) bond motifs is 3. The molecule has 0 fully saturated rings. The van der Waals surface area contributed by atoms with E-state index >= 15 is 0 Å². The van der Waals surface area contributed by atoms with Crippen LogP contribution in [0.15, 0.2) is 65.4 Å². The predicted molar refractivity (Wildman–Crippen MR) is 101 cm³/mol. The third kappa shape index (κ3) is 2.87. The van der Waals surface area contributed by atoms with Gasteiger partial charge in [0.25, 0.3) is 0 Å². The molecule has 0 bridgehead atoms. The first kappa shape index (κ1) is 15.1. The molecule has 0 spiro atoms. The first-order valence-corrected chi connectivity index (χ1v) is 9.90. The molecule has 1 aromatic carbocycles. The van der Waals surface area contributed by atoms with Gasteiger partial charge in [0.15, 0.2) is 5.37 Å². The summed E-state index contributed by atoms with van der Waals surface area (Å²) >= 11 is 3.95. The molecule has 1 aliphatic heterocycles. The number of allylic oxidation sites excluding steroid dienone is 3. The van der Waals surface area contributed by atoms with Crippen LogP contribution in [0.3, 0.4) is 0 Å². The summed E-state index contributed by atoms with van der Waals surface area (Å²) in [6.45, 7) is 3.39. The van der Waals surface area contributed by atoms with Crippen LogP contribution >= 0.6 is 23.1 Å². The van der Waals surface area contributed by atoms with Crippen LogP contribution in [0.2, 0.25) is 0 Å². The fourth-order valence-electron chi connectivity index (χ4n) is 3.15. The normalized spacial score (nSPS) is 23.4. The van der Waals surface area contributed by atoms with Crippen molar-refractivity contribution < 1.29 is 4.90 Å². The van der Waals surface area contributed by atoms with Gasteiger partial charge in [-0.2, -0.15) is 0 Å². The number of thioether (sulfide) groups is 1. The molecule has 118 valence electrons. The molecule has 0 amide bonds. The minimum atomic E-state index is 0.464. The molecule has 4 heteroatoms. The Morgan fingerprint density at radius 3 is 3.04 bits per heavy atom. The highest BCUT2D eigenvalue weighted by Crippen LogP contribution is 2.45. The molecule has 2 aromatic rings. The highest BCUT2D eigenvalue weighted by molar-refractivity contribution is 8.00. The molecule has 2 N–H and O–H groups in total. The third-order valence-corrected chi connectivity index (χ3v) is 7.06. The SMILES string of the molecule is CC[NH+]1c2sc3ccccc3c2SC1/C=C/NC1=CCCC=C1. The molecule has 2 atom stereocenters. The molecule has 2 heterocycles. The van der Waals surface area contributed by atoms with Gasteiger partial charge >= 0.3 is 0 Å². The number of hydrogen-bond donors (Lipinski definition) is 2. The topological polar surface area (TPSA) is 16.5 Å². The fourth-order valence-corrected chi connectivity index (χ4v) is 6.19. The van der Waals surface area contributed by atoms with Crippen LogP contribution in [0.5, 0.6) is 0 Å². The smallest absolute Gasteiger partial charge is 0.203 e. The number of nitrogens with one attached hydrogen (secondary N) is 2. The van der Waals surface area contributed by atoms with Crippen molar-refractivity contribution in [2.75, 3.05) is 6.54 Å². The maximum atomic E-state index is 3.42. The second kappa shape index (κ2) is 6.56. The third-order valence-electron chi connectivity index (χ3n) is 4.33. The molecule has 0 saturated heterocycles. The Hall–Kier alpha value is -1.49. The summed E-state index contributed by atoms with van der Waals surface area (Å²) in [6.07, 6.45) is 13.4. The van der Waals surface area contributed by atoms with Crippen molar-refractivity contribution in [3.8, 4) is 0 Å². The van der Waals surface area contributed by atoms with E-state index in [-0.39, 0.29) is 0 Å². The molecule has 4 rings (SSSR count). The van der Waals surface area contributed by atoms with Crippen LogP contribution in [0.4, 0.5) is 5.00 Å². The van der Waals surface area contributed by atoms with Gasteiger partial charge in [-0.25, -0.2) is 0 Å². The van der Waals surface area contributed by atoms with Crippen LogP contribution in [-0.2, 0) is 0 Å². The van der Waals surface area contributed by atoms with E-state index in [1.54, 1.807) is 4.90 Å². The number of hydrogen-bond acceptors (Lipinski definition) is 3. The van der Waals surface area contributed by atoms with Gasteiger partial charge in [-0.3, -0.25) is 4.90 Å². The molecular weight excluding hydrogens is 320 g/mol. The molecule has 1 aliphatic carbocycles. The monoisotopic (exact) mass is 341 g/mol. The van der Waals surface area contributed by atoms with Crippen LogP contribution in [0.1, 0.15) is 19.8 Å². The van der Waals surface area contributed by atoms with Crippen molar-refractivity contribution in [2.45, 2.75) is 30.0 Å². The summed E-state index contributed by atoms with van der Waals surface area (Å²) in [5.74, 6) is 0. The fraction of sp³-hybridized carbons (Fsp3) is 0.263. The number of benzene rings is 1. The van der Waals surface area contributed by atoms with Gasteiger partial charge in [0.2, 0.25) is 5.00 Å². The average Bonchev–Trinajstić information content (AvgIpc) is 3.11. The van der Waals surface area contributed by atoms with E-state index in [1.807, 2.05) is 23.1 Å². The molecule has 0 saturated carbocycles. The second-order valence-corrected chi connectivity index (χ2v) is 8.02. The minimum Gasteiger partial charge on any atom is -0.362 e. The van der Waals surface area contributed by atoms with Gasteiger partial charge in [-0.1, -0.05) is 53.4 Å². The lowest BCUT2D eigenvalue weighted by Crippen LogP contribution is -3.08. The van der Waals surface area contributed by atoms with E-state index in [4.69, 9.17) is 0 Å². The summed E-state index contributed by atoms with van der Waals surface area (Å²) in [7, 11) is 0. The average molecular weight is 342 g/mol. The first-order valence-electron chi connectivity index (χ1n) is 8.21. The molecule has 2 nitrogen and oxygen atoms in total. The predicted octanol–water partition coefficient (Wildman–Crippen LogP) is 4.21. The van der Waals surface area contributed by atoms with Crippen molar-refractivity contribution in [1.29, 1.82) is 0 Å². The summed E-state index contributed by atoms with van der Waals surface area (Å²) in [6, 6.07) is 8.78. The Morgan fingerprint density at radius 1 is 1.30 bits per heavy atom. The largest absolute Gasteiger partial charge is 0.362 e. The quantitative estimate of drug-likeness (QED) is 0.867. The number of quaternary nitrogens is 1. The van der Waals surface area contributed by atoms with E-state index < -0.39 is 0 Å². The first-order chi connectivity index (χ1) is 11.4. The van der Waals surface area contributed by atoms with Gasteiger partial charge < -0.3 is 5.32 Å². The van der Waals surface area contributed by atoms with Crippen molar-refractivity contribution in [2.24, 2.45) is 0 Å². The van der Waals surface area contributed by atoms with Crippen LogP contribution in [-0.4, -0.2) is 11.9 Å². The highest BCUT2D eigenvalue weighted by Gasteiger charge is 2.36. The summed E-state index contributed by atoms with van der Waals surface area (Å²) in [5, 5.41) is 6.81. The van der Waals surface area contributed by atoms with Gasteiger partial charge in [-0.15, -0.1) is 0 Å². The molecule has 2 unspecified atom stereocenters. The van der Waals surface area contributed by atoms with Gasteiger partial charge in [-0.05, 0) is 31.9 Å². The Balaban J connectivity index is 1.54. The standard InChI is InChI=1S/C19H20N2S2/c1-2-21-17(12-13-20-14-8-4-3-5-9-14)23-18-15-10-6-7-11-16(15)22-19(18)21/h4,6-13,17,20H,2-3,5H2,1H3/p+1/b13-12+. The zero-order valence-electron chi connectivity index (χ0n) is 13.2. The van der Waals surface area contributed by atoms with Crippen LogP contribution < -0.4 is 10.2 Å². The summed E-state index contributed by atoms with van der Waals surface area (Å²) in [5.41, 5.74) is 1.22. The Morgan fingerprint density at radius 2 is 2.22 bits per heavy atom. The summed E-state index contributed by atoms with van der Waals surface area (Å²) < 4.78 is 1.41. The lowest BCUT2D eigenvalue weighted by atomic mass is 10.1. The van der Waals surface area contributed by atoms with E-state index in [9.17, 15) is 0 Å². The molecule has 23 heavy (non-hydrogen) atoms. The number of likely N-dealkylation sites (N-methyl/N-ethyl adjacent to an activating group) is 1. The van der Waals surface area contributed by atoms with Crippen LogP contribution in [0, 0.1) is 0 Å². The van der Waals surface area contributed by atoms with Crippen molar-refractivity contribution in [1.82, 2.24) is 5.32 Å². The van der Waals surface area contributed by atoms with E-state index in [2.05, 4.69) is 67.0 Å². The van der Waals surface area contributed by atoms with E-state index in [1.165, 1.54) is 25.7 Å². The van der Waals surface area contributed by atoms with Gasteiger partial charge in [0.1, 0.15) is 0 Å². The zero-order valence-corrected chi connectivity index (χ0v) is 14.8. The van der Waals surface area contributed by atoms with E-state index in [0.29, 0.717) is 5.37 Å². The number of thiophene rings is 1. The Bertz CT molecular complexity index is 801. The lowest BCUT2D eigenvalue weighted by Gasteiger charge is -2.15. The maximum Gasteiger partial charge on any atom is 0.203 e. The summed E-state index contributed by atoms with van der Waals surface area (Å²) in [4.78, 5) is 3.05. The van der Waals surface area contributed by atoms with Crippen molar-refractivity contribution >= 4 is 38.2 Å². The number of rotatable bonds is 4. The maximum absolute atomic E-state index is 3.42. The van der Waals surface area contributed by atoms with Crippen molar-refractivity contribution in [3.05, 3.63) is 60.5 Å². The van der Waals surface area contributed by atoms with E-state index in [0.717, 1.165) is 19.4 Å². The minimum absolute atomic E-state index is 0.464. The van der Waals surface area contributed by atoms with Crippen molar-refractivity contribution in [3.63, 3.8) is 0 Å².